The van der Waals surface area contributed by atoms with Crippen LogP contribution in [0, 0.1) is 12.1 Å². The molecule has 3 nitrogen and oxygen atoms in total. The van der Waals surface area contributed by atoms with E-state index in [1.807, 2.05) is 6.66 Å². The minimum atomic E-state index is -0.636. The van der Waals surface area contributed by atoms with Crippen molar-refractivity contribution in [3.63, 3.8) is 0 Å². The second-order valence-corrected chi connectivity index (χ2v) is 3.78. The molecule has 0 saturated heterocycles. The molecule has 0 bridgehead atoms. The molecule has 0 aliphatic carbocycles. The van der Waals surface area contributed by atoms with Crippen LogP contribution in [-0.4, -0.2) is 16.6 Å². The molecule has 0 fully saturated rings. The Labute approximate surface area is 66.8 Å². The average Bonchev–Trinajstić information content (AvgIpc) is 2.05. The van der Waals surface area contributed by atoms with Crippen molar-refractivity contribution in [2.75, 3.05) is 12.4 Å². The highest BCUT2D eigenvalue weighted by Gasteiger charge is 2.02. The van der Waals surface area contributed by atoms with E-state index < -0.39 is 7.92 Å². The van der Waals surface area contributed by atoms with E-state index in [4.69, 9.17) is 12.2 Å². The molecule has 0 amide bonds. The van der Waals surface area contributed by atoms with Crippen LogP contribution in [-0.2, 0) is 0 Å². The first kappa shape index (κ1) is 7.97. The molecule has 0 aliphatic heterocycles. The van der Waals surface area contributed by atoms with Gasteiger partial charge in [0.25, 0.3) is 0 Å². The van der Waals surface area contributed by atoms with Gasteiger partial charge in [-0.25, -0.2) is 9.97 Å². The number of aromatic nitrogens is 2. The first-order valence-corrected chi connectivity index (χ1v) is 4.80. The van der Waals surface area contributed by atoms with Crippen molar-refractivity contribution in [1.82, 2.24) is 9.97 Å². The van der Waals surface area contributed by atoms with Gasteiger partial charge in [0.1, 0.15) is 0 Å². The third-order valence-electron chi connectivity index (χ3n) is 1.15. The third-order valence-corrected chi connectivity index (χ3v) is 2.37. The lowest BCUT2D eigenvalue weighted by Crippen LogP contribution is -2.09. The Morgan fingerprint density at radius 1 is 1.55 bits per heavy atom. The zero-order valence-electron chi connectivity index (χ0n) is 6.15. The van der Waals surface area contributed by atoms with Crippen LogP contribution in [0.25, 0.3) is 0 Å². The predicted molar refractivity (Wildman–Crippen MR) is 47.8 cm³/mol. The summed E-state index contributed by atoms with van der Waals surface area (Å²) in [6, 6.07) is 0. The Bertz CT molecular complexity index is 275. The van der Waals surface area contributed by atoms with E-state index in [1.54, 1.807) is 12.4 Å². The number of nitrogen functional groups attached to an aromatic ring is 1. The molecule has 0 saturated carbocycles. The molecule has 1 unspecified atom stereocenters. The molecule has 1 atom stereocenters. The number of nitrogens with zero attached hydrogens (tertiary/aromatic N) is 2. The molecule has 2 N–H and O–H groups in total. The maximum absolute atomic E-state index is 5.40. The summed E-state index contributed by atoms with van der Waals surface area (Å²) in [5.41, 5.74) is 9.27. The van der Waals surface area contributed by atoms with Gasteiger partial charge in [-0.15, -0.1) is 6.42 Å². The van der Waals surface area contributed by atoms with Gasteiger partial charge in [-0.2, -0.15) is 0 Å². The zero-order valence-corrected chi connectivity index (χ0v) is 7.05. The molecule has 0 aliphatic rings. The summed E-state index contributed by atoms with van der Waals surface area (Å²) in [5.74, 6) is 0. The predicted octanol–water partition coefficient (Wildman–Crippen LogP) is 0.386. The highest BCUT2D eigenvalue weighted by Crippen LogP contribution is 2.23. The van der Waals surface area contributed by atoms with Gasteiger partial charge in [0.15, 0.2) is 5.57 Å². The van der Waals surface area contributed by atoms with Crippen molar-refractivity contribution < 1.29 is 0 Å². The van der Waals surface area contributed by atoms with Crippen molar-refractivity contribution in [3.8, 4) is 12.1 Å². The number of hydrogen-bond acceptors (Lipinski definition) is 3. The van der Waals surface area contributed by atoms with Crippen LogP contribution in [0.15, 0.2) is 12.4 Å². The first-order valence-electron chi connectivity index (χ1n) is 3.01. The Morgan fingerprint density at radius 2 is 2.09 bits per heavy atom. The molecule has 0 aromatic carbocycles. The smallest absolute Gasteiger partial charge is 0.163 e. The molecule has 1 aromatic heterocycles. The van der Waals surface area contributed by atoms with E-state index in [-0.39, 0.29) is 0 Å². The average molecular weight is 165 g/mol. The fourth-order valence-electron chi connectivity index (χ4n) is 0.562. The van der Waals surface area contributed by atoms with Gasteiger partial charge < -0.3 is 5.73 Å². The van der Waals surface area contributed by atoms with Gasteiger partial charge in [-0.05, 0) is 6.66 Å². The second-order valence-electron chi connectivity index (χ2n) is 2.00. The Morgan fingerprint density at radius 3 is 2.55 bits per heavy atom. The quantitative estimate of drug-likeness (QED) is 0.483. The first-order chi connectivity index (χ1) is 5.24. The lowest BCUT2D eigenvalue weighted by atomic mass is 10.6. The van der Waals surface area contributed by atoms with Gasteiger partial charge >= 0.3 is 0 Å². The van der Waals surface area contributed by atoms with Crippen molar-refractivity contribution in [2.45, 2.75) is 0 Å². The number of hydrogen-bond donors (Lipinski definition) is 1. The van der Waals surface area contributed by atoms with Gasteiger partial charge in [-0.1, -0.05) is 5.66 Å². The summed E-state index contributed by atoms with van der Waals surface area (Å²) >= 11 is 0. The molecule has 56 valence electrons. The largest absolute Gasteiger partial charge is 0.396 e. The summed E-state index contributed by atoms with van der Waals surface area (Å²) in [4.78, 5) is 8.00. The monoisotopic (exact) mass is 165 g/mol. The SMILES string of the molecule is C#CP(C)c1ncc(N)cn1. The minimum Gasteiger partial charge on any atom is -0.396 e. The summed E-state index contributed by atoms with van der Waals surface area (Å²) in [6.07, 6.45) is 8.35. The van der Waals surface area contributed by atoms with Crippen LogP contribution < -0.4 is 11.3 Å². The van der Waals surface area contributed by atoms with Gasteiger partial charge in [0.2, 0.25) is 0 Å². The summed E-state index contributed by atoms with van der Waals surface area (Å²) in [5, 5.41) is 0. The fourth-order valence-corrected chi connectivity index (χ4v) is 1.14. The highest BCUT2D eigenvalue weighted by molar-refractivity contribution is 7.69. The van der Waals surface area contributed by atoms with Crippen molar-refractivity contribution in [2.24, 2.45) is 0 Å². The molecule has 1 heterocycles. The molecule has 1 rings (SSSR count). The van der Waals surface area contributed by atoms with Gasteiger partial charge in [0, 0.05) is 7.92 Å². The van der Waals surface area contributed by atoms with Crippen LogP contribution >= 0.6 is 7.92 Å². The number of nitrogens with two attached hydrogens (primary N) is 1. The minimum absolute atomic E-state index is 0.564. The lowest BCUT2D eigenvalue weighted by molar-refractivity contribution is 1.24. The lowest BCUT2D eigenvalue weighted by Gasteiger charge is -2.00. The van der Waals surface area contributed by atoms with Crippen molar-refractivity contribution in [1.29, 1.82) is 0 Å². The fraction of sp³-hybridized carbons (Fsp3) is 0.143. The number of terminal acetylenes is 1. The normalized spacial score (nSPS) is 12.0. The van der Waals surface area contributed by atoms with Crippen LogP contribution in [0.4, 0.5) is 5.69 Å². The standard InChI is InChI=1S/C7H8N3P/c1-3-11(2)7-9-4-6(8)5-10-7/h1,4-5H,8H2,2H3. The van der Waals surface area contributed by atoms with Crippen molar-refractivity contribution in [3.05, 3.63) is 12.4 Å². The Kier molecular flexibility index (Phi) is 2.40. The molecule has 0 radical (unpaired) electrons. The molecule has 4 heteroatoms. The van der Waals surface area contributed by atoms with Crippen LogP contribution in [0.2, 0.25) is 0 Å². The molecule has 0 spiro atoms. The van der Waals surface area contributed by atoms with Crippen LogP contribution in [0.5, 0.6) is 0 Å². The van der Waals surface area contributed by atoms with Crippen LogP contribution in [0.3, 0.4) is 0 Å². The van der Waals surface area contributed by atoms with E-state index in [2.05, 4.69) is 15.6 Å². The molecule has 1 aromatic rings. The van der Waals surface area contributed by atoms with E-state index in [0.717, 1.165) is 0 Å². The number of rotatable bonds is 1. The van der Waals surface area contributed by atoms with E-state index in [0.29, 0.717) is 11.3 Å². The van der Waals surface area contributed by atoms with E-state index >= 15 is 0 Å². The highest BCUT2D eigenvalue weighted by atomic mass is 31.1. The second kappa shape index (κ2) is 3.32. The van der Waals surface area contributed by atoms with Crippen LogP contribution in [0.1, 0.15) is 0 Å². The Balaban J connectivity index is 2.92. The summed E-state index contributed by atoms with van der Waals surface area (Å²) < 4.78 is 0. The molecular weight excluding hydrogens is 157 g/mol. The zero-order chi connectivity index (χ0) is 8.27. The van der Waals surface area contributed by atoms with Crippen molar-refractivity contribution >= 4 is 19.2 Å². The van der Waals surface area contributed by atoms with E-state index in [1.165, 1.54) is 0 Å². The Hall–Kier alpha value is -1.13. The summed E-state index contributed by atoms with van der Waals surface area (Å²) in [7, 11) is -0.636. The van der Waals surface area contributed by atoms with Gasteiger partial charge in [0.05, 0.1) is 18.1 Å². The topological polar surface area (TPSA) is 51.8 Å². The molecule has 11 heavy (non-hydrogen) atoms. The third kappa shape index (κ3) is 1.89. The van der Waals surface area contributed by atoms with E-state index in [9.17, 15) is 0 Å². The number of anilines is 1. The molecular formula is C7H8N3P. The summed E-state index contributed by atoms with van der Waals surface area (Å²) in [6.45, 7) is 1.93. The maximum Gasteiger partial charge on any atom is 0.163 e. The van der Waals surface area contributed by atoms with Gasteiger partial charge in [-0.3, -0.25) is 0 Å². The maximum atomic E-state index is 5.40.